The van der Waals surface area contributed by atoms with Gasteiger partial charge >= 0.3 is 0 Å². The molecule has 0 fully saturated rings. The molecule has 2 rings (SSSR count). The fourth-order valence-electron chi connectivity index (χ4n) is 2.16. The standard InChI is InChI=1S/C12H15N3O.C4H11NO.C2H4NO.CH5N.CH4O3S.CH2O.Fm/c1-13-9-11-8-10-4-2-5-14-12(10)15(11)6-3-7-16;1-5-3-2-4-6;1-3-2-4;1-2;1-5(2,3)4;1-2;/h2,4-5,7-8,13H,3,6,9H2,1H3;5-6H,2-4H2,1H3;1H3,(H,3,4);2H2,1H3;1H3,(H,2,3,4);1H2;/q;;-1;;;;. The number of aryl methyl sites for hydroxylation is 1. The summed E-state index contributed by atoms with van der Waals surface area (Å²) in [6, 6.07) is 6.08. The zero-order valence-electron chi connectivity index (χ0n) is 21.4. The Bertz CT molecular complexity index is 842. The number of carbonyl (C=O) groups is 2. The van der Waals surface area contributed by atoms with Crippen LogP contribution < -0.4 is 21.7 Å². The molecule has 2 heterocycles. The number of nitrogens with one attached hydrogen (secondary N) is 3. The molecule has 0 unspecified atom stereocenters. The van der Waals surface area contributed by atoms with Crippen LogP contribution in [0.25, 0.3) is 11.0 Å². The Hall–Kier alpha value is -3.75. The summed E-state index contributed by atoms with van der Waals surface area (Å²) in [4.78, 5) is 31.7. The van der Waals surface area contributed by atoms with Crippen LogP contribution in [0.4, 0.5) is 0 Å². The molecule has 0 aliphatic rings. The number of carbonyl (C=O) groups excluding carboxylic acids is 3. The molecule has 0 aliphatic heterocycles. The Kier molecular flexibility index (Phi) is 36.8. The fraction of sp³-hybridized carbons (Fsp3) is 0.524. The van der Waals surface area contributed by atoms with Crippen LogP contribution in [-0.4, -0.2) is 94.7 Å². The van der Waals surface area contributed by atoms with Gasteiger partial charge in [0.25, 0.3) is 10.1 Å². The number of amides is 1. The van der Waals surface area contributed by atoms with Gasteiger partial charge in [-0.1, -0.05) is 0 Å². The van der Waals surface area contributed by atoms with Gasteiger partial charge in [0.2, 0.25) is 0 Å². The number of aliphatic hydroxyl groups excluding tert-OH is 1. The van der Waals surface area contributed by atoms with Crippen LogP contribution in [0.3, 0.4) is 0 Å². The van der Waals surface area contributed by atoms with E-state index < -0.39 is 10.1 Å². The van der Waals surface area contributed by atoms with Crippen LogP contribution >= 0.6 is 0 Å². The number of hydrogen-bond donors (Lipinski definition) is 6. The summed E-state index contributed by atoms with van der Waals surface area (Å²) in [5, 5.41) is 17.4. The van der Waals surface area contributed by atoms with E-state index in [9.17, 15) is 13.2 Å². The Balaban J connectivity index is -0.000000134. The number of nitrogens with zero attached hydrogens (tertiary/aromatic N) is 2. The molecule has 2 aromatic rings. The van der Waals surface area contributed by atoms with Gasteiger partial charge in [0.1, 0.15) is 18.7 Å². The molecule has 1 amide bonds. The van der Waals surface area contributed by atoms with Crippen molar-refractivity contribution in [1.29, 1.82) is 0 Å². The number of hydrogen-bond acceptors (Lipinski definition) is 10. The van der Waals surface area contributed by atoms with Crippen molar-refractivity contribution in [1.82, 2.24) is 25.5 Å². The van der Waals surface area contributed by atoms with Gasteiger partial charge in [-0.3, -0.25) is 4.55 Å². The predicted molar refractivity (Wildman–Crippen MR) is 138 cm³/mol. The molecule has 13 nitrogen and oxygen atoms in total. The summed E-state index contributed by atoms with van der Waals surface area (Å²) in [7, 11) is 3.12. The van der Waals surface area contributed by atoms with E-state index in [1.54, 1.807) is 6.20 Å². The normalized spacial score (nSPS) is 8.78. The average molecular weight is 779 g/mol. The van der Waals surface area contributed by atoms with Gasteiger partial charge < -0.3 is 45.7 Å². The Morgan fingerprint density at radius 3 is 2.11 bits per heavy atom. The van der Waals surface area contributed by atoms with Gasteiger partial charge in [-0.2, -0.15) is 14.8 Å². The second-order valence-corrected chi connectivity index (χ2v) is 7.42. The minimum atomic E-state index is -3.67. The zero-order valence-corrected chi connectivity index (χ0v) is 24.7. The van der Waals surface area contributed by atoms with Crippen LogP contribution in [0.2, 0.25) is 0 Å². The van der Waals surface area contributed by atoms with Gasteiger partial charge in [-0.05, 0) is 59.4 Å². The SMILES string of the molecule is C=O.CN.CNCCCO.CNCc1cc2cccnc2n1CCC=O.CN[C-]=O.CS(=O)(=O)O.[Fm]. The number of rotatable bonds is 9. The smallest absolute Gasteiger partial charge is 0.261 e. The van der Waals surface area contributed by atoms with E-state index in [0.717, 1.165) is 42.5 Å². The first kappa shape index (κ1) is 42.4. The van der Waals surface area contributed by atoms with Crippen molar-refractivity contribution in [3.63, 3.8) is 0 Å². The molecule has 0 aliphatic carbocycles. The van der Waals surface area contributed by atoms with E-state index in [1.807, 2.05) is 33.0 Å². The van der Waals surface area contributed by atoms with E-state index in [1.165, 1.54) is 20.5 Å². The van der Waals surface area contributed by atoms with Crippen LogP contribution in [0.1, 0.15) is 18.5 Å². The average Bonchev–Trinajstić information content (AvgIpc) is 3.20. The molecular formula is C21H41FmN6O7S-. The van der Waals surface area contributed by atoms with Gasteiger partial charge in [-0.15, -0.1) is 0 Å². The van der Waals surface area contributed by atoms with Crippen LogP contribution in [0.5, 0.6) is 0 Å². The Morgan fingerprint density at radius 2 is 1.75 bits per heavy atom. The van der Waals surface area contributed by atoms with Crippen molar-refractivity contribution in [3.05, 3.63) is 30.1 Å². The second-order valence-electron chi connectivity index (χ2n) is 5.96. The van der Waals surface area contributed by atoms with Gasteiger partial charge in [0, 0.05) is 43.4 Å². The fourth-order valence-corrected chi connectivity index (χ4v) is 2.16. The van der Waals surface area contributed by atoms with Crippen LogP contribution in [-0.2, 0) is 37.6 Å². The van der Waals surface area contributed by atoms with Crippen molar-refractivity contribution in [2.75, 3.05) is 47.6 Å². The molecule has 0 radical (unpaired) electrons. The van der Waals surface area contributed by atoms with Gasteiger partial charge in [-0.25, -0.2) is 4.98 Å². The maximum absolute atomic E-state index is 10.5. The van der Waals surface area contributed by atoms with Crippen LogP contribution in [0, 0.1) is 0 Å². The number of aldehydes is 1. The number of pyridine rings is 1. The predicted octanol–water partition coefficient (Wildman–Crippen LogP) is -0.900. The summed E-state index contributed by atoms with van der Waals surface area (Å²) in [5.74, 6) is 0. The molecular weight excluding hydrogens is 737 g/mol. The Labute approximate surface area is 208 Å². The third-order valence-corrected chi connectivity index (χ3v) is 3.26. The zero-order chi connectivity index (χ0) is 28.1. The summed E-state index contributed by atoms with van der Waals surface area (Å²) in [5.41, 5.74) is 6.62. The van der Waals surface area contributed by atoms with Crippen molar-refractivity contribution < 1.29 is 32.5 Å². The summed E-state index contributed by atoms with van der Waals surface area (Å²) in [6.45, 7) is 4.69. The summed E-state index contributed by atoms with van der Waals surface area (Å²) in [6.07, 6.45) is 6.25. The molecule has 2 aromatic heterocycles. The van der Waals surface area contributed by atoms with Crippen molar-refractivity contribution in [2.45, 2.75) is 25.9 Å². The first-order chi connectivity index (χ1) is 16.7. The maximum Gasteiger partial charge on any atom is 0.261 e. The van der Waals surface area contributed by atoms with Gasteiger partial charge in [0.05, 0.1) is 6.26 Å². The molecule has 36 heavy (non-hydrogen) atoms. The molecule has 0 saturated heterocycles. The molecule has 15 heteroatoms. The molecule has 0 spiro atoms. The maximum atomic E-state index is 10.5. The first-order valence-electron chi connectivity index (χ1n) is 10.3. The third-order valence-electron chi connectivity index (χ3n) is 3.26. The number of fused-ring (bicyclic) bond motifs is 1. The quantitative estimate of drug-likeness (QED) is 0.0605. The first-order valence-corrected chi connectivity index (χ1v) is 12.1. The van der Waals surface area contributed by atoms with E-state index in [4.69, 9.17) is 19.2 Å². The van der Waals surface area contributed by atoms with E-state index in [2.05, 4.69) is 37.3 Å². The molecule has 7 N–H and O–H groups in total. The third kappa shape index (κ3) is 28.3. The molecule has 0 aromatic carbocycles. The van der Waals surface area contributed by atoms with Crippen molar-refractivity contribution in [3.8, 4) is 0 Å². The number of aliphatic hydroxyl groups is 1. The minimum absolute atomic E-state index is 0. The van der Waals surface area contributed by atoms with Crippen LogP contribution in [0.15, 0.2) is 24.4 Å². The van der Waals surface area contributed by atoms with Gasteiger partial charge in [0.15, 0.2) is 0 Å². The van der Waals surface area contributed by atoms with Crippen molar-refractivity contribution in [2.24, 2.45) is 5.73 Å². The van der Waals surface area contributed by atoms with E-state index in [0.29, 0.717) is 25.8 Å². The molecule has 0 saturated carbocycles. The summed E-state index contributed by atoms with van der Waals surface area (Å²) >= 11 is 0. The monoisotopic (exact) mass is 778 g/mol. The molecule has 216 valence electrons. The van der Waals surface area contributed by atoms with E-state index in [-0.39, 0.29) is 0 Å². The topological polar surface area (TPSA) is 206 Å². The minimum Gasteiger partial charge on any atom is -0.532 e. The second kappa shape index (κ2) is 31.2. The summed E-state index contributed by atoms with van der Waals surface area (Å²) < 4.78 is 28.0. The number of nitrogens with two attached hydrogens (primary N) is 1. The largest absolute Gasteiger partial charge is 0.532 e. The van der Waals surface area contributed by atoms with E-state index >= 15 is 0 Å². The van der Waals surface area contributed by atoms with Crippen molar-refractivity contribution >= 4 is 40.6 Å². The molecule has 0 bridgehead atoms. The Morgan fingerprint density at radius 1 is 1.22 bits per heavy atom. The number of aromatic nitrogens is 2. The molecule has 0 atom stereocenters.